The minimum atomic E-state index is -3.30. The van der Waals surface area contributed by atoms with Gasteiger partial charge in [-0.1, -0.05) is 6.07 Å². The molecule has 7 nitrogen and oxygen atoms in total. The Morgan fingerprint density at radius 3 is 2.80 bits per heavy atom. The van der Waals surface area contributed by atoms with E-state index in [1.807, 2.05) is 0 Å². The van der Waals surface area contributed by atoms with Gasteiger partial charge >= 0.3 is 5.63 Å². The number of hydrogen-bond donors (Lipinski definition) is 1. The van der Waals surface area contributed by atoms with E-state index in [0.717, 1.165) is 6.42 Å². The van der Waals surface area contributed by atoms with Crippen LogP contribution >= 0.6 is 0 Å². The topological polar surface area (TPSA) is 100 Å². The van der Waals surface area contributed by atoms with Gasteiger partial charge in [0.1, 0.15) is 17.1 Å². The van der Waals surface area contributed by atoms with E-state index >= 15 is 0 Å². The average Bonchev–Trinajstić information content (AvgIpc) is 2.53. The zero-order chi connectivity index (χ0) is 18.0. The lowest BCUT2D eigenvalue weighted by Crippen LogP contribution is -2.37. The minimum absolute atomic E-state index is 0.0541. The van der Waals surface area contributed by atoms with Crippen molar-refractivity contribution in [3.8, 4) is 5.75 Å². The van der Waals surface area contributed by atoms with E-state index in [9.17, 15) is 18.3 Å². The minimum Gasteiger partial charge on any atom is -0.507 e. The Morgan fingerprint density at radius 2 is 2.08 bits per heavy atom. The SMILES string of the molecule is Cc1cc(O)c(C=Nc2cccc(N3CCCCS3(=O)=O)c2)c(=O)o1. The molecule has 0 amide bonds. The Labute approximate surface area is 145 Å². The number of nitrogens with zero attached hydrogens (tertiary/aromatic N) is 2. The Hall–Kier alpha value is -2.61. The number of sulfonamides is 1. The van der Waals surface area contributed by atoms with Crippen molar-refractivity contribution >= 4 is 27.6 Å². The Bertz CT molecular complexity index is 979. The van der Waals surface area contributed by atoms with Crippen molar-refractivity contribution in [2.24, 2.45) is 4.99 Å². The van der Waals surface area contributed by atoms with Crippen molar-refractivity contribution in [3.05, 3.63) is 52.1 Å². The number of aliphatic imine (C=N–C) groups is 1. The van der Waals surface area contributed by atoms with Crippen LogP contribution in [-0.2, 0) is 10.0 Å². The third kappa shape index (κ3) is 3.74. The van der Waals surface area contributed by atoms with Gasteiger partial charge in [-0.05, 0) is 38.0 Å². The standard InChI is InChI=1S/C17H18N2O5S/c1-12-9-16(20)15(17(21)24-12)11-18-13-5-4-6-14(10-13)19-7-2-3-8-25(19,22)23/h4-6,9-11,20H,2-3,7-8H2,1H3. The number of hydrogen-bond acceptors (Lipinski definition) is 6. The molecule has 25 heavy (non-hydrogen) atoms. The maximum Gasteiger partial charge on any atom is 0.348 e. The zero-order valence-electron chi connectivity index (χ0n) is 13.7. The molecule has 2 aromatic rings. The molecule has 8 heteroatoms. The molecule has 0 atom stereocenters. The smallest absolute Gasteiger partial charge is 0.348 e. The van der Waals surface area contributed by atoms with Gasteiger partial charge in [-0.15, -0.1) is 0 Å². The molecule has 132 valence electrons. The highest BCUT2D eigenvalue weighted by Crippen LogP contribution is 2.27. The van der Waals surface area contributed by atoms with Crippen LogP contribution in [0.3, 0.4) is 0 Å². The summed E-state index contributed by atoms with van der Waals surface area (Å²) in [5.41, 5.74) is 0.268. The third-order valence-corrected chi connectivity index (χ3v) is 5.77. The molecule has 3 rings (SSSR count). The number of rotatable bonds is 3. The van der Waals surface area contributed by atoms with E-state index in [1.54, 1.807) is 31.2 Å². The van der Waals surface area contributed by atoms with Gasteiger partial charge < -0.3 is 9.52 Å². The van der Waals surface area contributed by atoms with E-state index < -0.39 is 15.6 Å². The first-order chi connectivity index (χ1) is 11.9. The molecule has 1 N–H and O–H groups in total. The van der Waals surface area contributed by atoms with Crippen molar-refractivity contribution < 1.29 is 17.9 Å². The van der Waals surface area contributed by atoms with E-state index in [4.69, 9.17) is 4.42 Å². The molecule has 0 aliphatic carbocycles. The highest BCUT2D eigenvalue weighted by atomic mass is 32.2. The van der Waals surface area contributed by atoms with Crippen LogP contribution in [0.1, 0.15) is 24.2 Å². The molecule has 1 aliphatic heterocycles. The van der Waals surface area contributed by atoms with Crippen molar-refractivity contribution in [2.75, 3.05) is 16.6 Å². The predicted molar refractivity (Wildman–Crippen MR) is 95.4 cm³/mol. The second-order valence-corrected chi connectivity index (χ2v) is 7.83. The van der Waals surface area contributed by atoms with Crippen molar-refractivity contribution in [1.29, 1.82) is 0 Å². The van der Waals surface area contributed by atoms with E-state index in [-0.39, 0.29) is 17.1 Å². The molecule has 0 spiro atoms. The summed E-state index contributed by atoms with van der Waals surface area (Å²) in [5.74, 6) is 0.225. The van der Waals surface area contributed by atoms with Crippen LogP contribution in [0.2, 0.25) is 0 Å². The van der Waals surface area contributed by atoms with Crippen LogP contribution in [0.5, 0.6) is 5.75 Å². The fraction of sp³-hybridized carbons (Fsp3) is 0.294. The Balaban J connectivity index is 1.91. The van der Waals surface area contributed by atoms with Gasteiger partial charge in [-0.2, -0.15) is 0 Å². The molecule has 1 aromatic heterocycles. The van der Waals surface area contributed by atoms with Crippen molar-refractivity contribution in [1.82, 2.24) is 0 Å². The van der Waals surface area contributed by atoms with Crippen LogP contribution in [0.15, 0.2) is 44.5 Å². The van der Waals surface area contributed by atoms with Crippen LogP contribution in [0, 0.1) is 6.92 Å². The van der Waals surface area contributed by atoms with Crippen LogP contribution < -0.4 is 9.93 Å². The van der Waals surface area contributed by atoms with E-state index in [1.165, 1.54) is 16.6 Å². The van der Waals surface area contributed by atoms with Gasteiger partial charge in [-0.3, -0.25) is 9.30 Å². The van der Waals surface area contributed by atoms with Gasteiger partial charge in [0.2, 0.25) is 10.0 Å². The summed E-state index contributed by atoms with van der Waals surface area (Å²) in [6.45, 7) is 2.00. The van der Waals surface area contributed by atoms with Crippen LogP contribution in [-0.4, -0.2) is 32.0 Å². The maximum atomic E-state index is 12.2. The summed E-state index contributed by atoms with van der Waals surface area (Å²) in [4.78, 5) is 15.9. The van der Waals surface area contributed by atoms with Gasteiger partial charge in [0.15, 0.2) is 0 Å². The molecule has 0 saturated carbocycles. The fourth-order valence-electron chi connectivity index (χ4n) is 2.67. The summed E-state index contributed by atoms with van der Waals surface area (Å²) in [7, 11) is -3.30. The number of benzene rings is 1. The second kappa shape index (κ2) is 6.72. The normalized spacial score (nSPS) is 17.1. The number of aryl methyl sites for hydroxylation is 1. The first-order valence-electron chi connectivity index (χ1n) is 7.85. The molecule has 2 heterocycles. The molecule has 0 radical (unpaired) electrons. The van der Waals surface area contributed by atoms with Gasteiger partial charge in [0.05, 0.1) is 17.1 Å². The lowest BCUT2D eigenvalue weighted by atomic mass is 10.2. The fourth-order valence-corrected chi connectivity index (χ4v) is 4.30. The van der Waals surface area contributed by atoms with Gasteiger partial charge in [-0.25, -0.2) is 13.2 Å². The zero-order valence-corrected chi connectivity index (χ0v) is 14.5. The summed E-state index contributed by atoms with van der Waals surface area (Å²) in [6.07, 6.45) is 2.69. The summed E-state index contributed by atoms with van der Waals surface area (Å²) >= 11 is 0. The molecule has 1 fully saturated rings. The lowest BCUT2D eigenvalue weighted by molar-refractivity contribution is 0.433. The number of anilines is 1. The van der Waals surface area contributed by atoms with Crippen LogP contribution in [0.4, 0.5) is 11.4 Å². The lowest BCUT2D eigenvalue weighted by Gasteiger charge is -2.28. The molecule has 0 bridgehead atoms. The molecule has 1 aliphatic rings. The van der Waals surface area contributed by atoms with Gasteiger partial charge in [0.25, 0.3) is 0 Å². The quantitative estimate of drug-likeness (QED) is 0.845. The summed E-state index contributed by atoms with van der Waals surface area (Å²) in [6, 6.07) is 8.05. The molecule has 1 aromatic carbocycles. The monoisotopic (exact) mass is 362 g/mol. The van der Waals surface area contributed by atoms with E-state index in [2.05, 4.69) is 4.99 Å². The molecule has 0 unspecified atom stereocenters. The second-order valence-electron chi connectivity index (χ2n) is 5.82. The Kier molecular flexibility index (Phi) is 4.63. The molecule has 1 saturated heterocycles. The largest absolute Gasteiger partial charge is 0.507 e. The molecular weight excluding hydrogens is 344 g/mol. The highest BCUT2D eigenvalue weighted by molar-refractivity contribution is 7.92. The van der Waals surface area contributed by atoms with Crippen molar-refractivity contribution in [3.63, 3.8) is 0 Å². The number of aromatic hydroxyl groups is 1. The summed E-state index contributed by atoms with van der Waals surface area (Å²) in [5, 5.41) is 9.84. The third-order valence-electron chi connectivity index (χ3n) is 3.90. The first-order valence-corrected chi connectivity index (χ1v) is 9.46. The van der Waals surface area contributed by atoms with E-state index in [0.29, 0.717) is 30.1 Å². The predicted octanol–water partition coefficient (Wildman–Crippen LogP) is 2.33. The Morgan fingerprint density at radius 1 is 1.28 bits per heavy atom. The molecular formula is C17H18N2O5S. The van der Waals surface area contributed by atoms with Crippen LogP contribution in [0.25, 0.3) is 0 Å². The highest BCUT2D eigenvalue weighted by Gasteiger charge is 2.25. The van der Waals surface area contributed by atoms with Gasteiger partial charge in [0, 0.05) is 18.8 Å². The van der Waals surface area contributed by atoms with Crippen molar-refractivity contribution in [2.45, 2.75) is 19.8 Å². The first kappa shape index (κ1) is 17.2. The maximum absolute atomic E-state index is 12.2. The summed E-state index contributed by atoms with van der Waals surface area (Å²) < 4.78 is 30.7. The average molecular weight is 362 g/mol.